The number of aromatic hydroxyl groups is 1. The Bertz CT molecular complexity index is 458. The molecule has 1 aliphatic rings. The van der Waals surface area contributed by atoms with Crippen LogP contribution in [0.5, 0.6) is 5.75 Å². The lowest BCUT2D eigenvalue weighted by atomic mass is 9.92. The maximum absolute atomic E-state index is 12.3. The van der Waals surface area contributed by atoms with Crippen LogP contribution in [0, 0.1) is 5.92 Å². The molecule has 1 aromatic rings. The summed E-state index contributed by atoms with van der Waals surface area (Å²) in [5.74, 6) is 0.820. The molecule has 1 aromatic carbocycles. The van der Waals surface area contributed by atoms with E-state index in [1.807, 2.05) is 19.1 Å². The Balaban J connectivity index is 1.77. The van der Waals surface area contributed by atoms with Crippen LogP contribution in [0.1, 0.15) is 38.7 Å². The number of hydrogen-bond acceptors (Lipinski definition) is 3. The monoisotopic (exact) mass is 290 g/mol. The summed E-state index contributed by atoms with van der Waals surface area (Å²) in [4.78, 5) is 12.3. The number of carbonyl (C=O) groups is 1. The number of phenolic OH excluding ortho intramolecular Hbond substituents is 1. The maximum atomic E-state index is 12.3. The van der Waals surface area contributed by atoms with Gasteiger partial charge >= 0.3 is 0 Å². The Morgan fingerprint density at radius 1 is 1.43 bits per heavy atom. The molecule has 116 valence electrons. The van der Waals surface area contributed by atoms with E-state index in [-0.39, 0.29) is 23.7 Å². The smallest absolute Gasteiger partial charge is 0.237 e. The van der Waals surface area contributed by atoms with Gasteiger partial charge in [-0.3, -0.25) is 4.79 Å². The Kier molecular flexibility index (Phi) is 5.62. The highest BCUT2D eigenvalue weighted by molar-refractivity contribution is 5.82. The number of carbonyl (C=O) groups excluding carboxylic acids is 1. The van der Waals surface area contributed by atoms with Gasteiger partial charge in [0, 0.05) is 6.04 Å². The molecule has 3 N–H and O–H groups in total. The van der Waals surface area contributed by atoms with Crippen LogP contribution >= 0.6 is 0 Å². The van der Waals surface area contributed by atoms with Crippen molar-refractivity contribution in [3.8, 4) is 5.75 Å². The lowest BCUT2D eigenvalue weighted by Crippen LogP contribution is -2.52. The minimum atomic E-state index is -0.0464. The number of hydrogen-bond donors (Lipinski definition) is 3. The normalized spacial score (nSPS) is 23.5. The van der Waals surface area contributed by atoms with Gasteiger partial charge in [-0.05, 0) is 62.8 Å². The van der Waals surface area contributed by atoms with E-state index in [0.29, 0.717) is 5.92 Å². The van der Waals surface area contributed by atoms with Crippen molar-refractivity contribution in [3.63, 3.8) is 0 Å². The van der Waals surface area contributed by atoms with Gasteiger partial charge in [0.25, 0.3) is 0 Å². The van der Waals surface area contributed by atoms with Gasteiger partial charge in [-0.2, -0.15) is 0 Å². The van der Waals surface area contributed by atoms with Crippen LogP contribution in [0.4, 0.5) is 0 Å². The molecule has 0 bridgehead atoms. The van der Waals surface area contributed by atoms with Crippen LogP contribution < -0.4 is 10.6 Å². The second-order valence-electron chi connectivity index (χ2n) is 6.17. The summed E-state index contributed by atoms with van der Waals surface area (Å²) in [5.41, 5.74) is 1.18. The van der Waals surface area contributed by atoms with E-state index < -0.39 is 0 Å². The van der Waals surface area contributed by atoms with Crippen molar-refractivity contribution in [2.75, 3.05) is 6.54 Å². The Morgan fingerprint density at radius 2 is 2.14 bits per heavy atom. The summed E-state index contributed by atoms with van der Waals surface area (Å²) >= 11 is 0. The lowest BCUT2D eigenvalue weighted by Gasteiger charge is -2.30. The van der Waals surface area contributed by atoms with Gasteiger partial charge in [0.2, 0.25) is 5.91 Å². The minimum absolute atomic E-state index is 0.0464. The summed E-state index contributed by atoms with van der Waals surface area (Å²) in [6, 6.07) is 7.36. The fourth-order valence-electron chi connectivity index (χ4n) is 2.85. The van der Waals surface area contributed by atoms with Crippen LogP contribution in [-0.2, 0) is 11.2 Å². The SMILES string of the molecule is CC(CCc1ccc(O)cc1)NC(=O)C1NCCCC1C. The topological polar surface area (TPSA) is 61.4 Å². The van der Waals surface area contributed by atoms with E-state index in [0.717, 1.165) is 32.2 Å². The predicted octanol–water partition coefficient (Wildman–Crippen LogP) is 2.22. The molecule has 21 heavy (non-hydrogen) atoms. The zero-order chi connectivity index (χ0) is 15.2. The van der Waals surface area contributed by atoms with Crippen molar-refractivity contribution >= 4 is 5.91 Å². The molecule has 2 rings (SSSR count). The van der Waals surface area contributed by atoms with Gasteiger partial charge in [-0.25, -0.2) is 0 Å². The summed E-state index contributed by atoms with van der Waals surface area (Å²) in [6.45, 7) is 5.12. The number of piperidine rings is 1. The lowest BCUT2D eigenvalue weighted by molar-refractivity contribution is -0.125. The van der Waals surface area contributed by atoms with Crippen molar-refractivity contribution in [1.82, 2.24) is 10.6 Å². The molecule has 1 heterocycles. The predicted molar refractivity (Wildman–Crippen MR) is 84.2 cm³/mol. The van der Waals surface area contributed by atoms with E-state index >= 15 is 0 Å². The van der Waals surface area contributed by atoms with Crippen LogP contribution in [0.3, 0.4) is 0 Å². The summed E-state index contributed by atoms with van der Waals surface area (Å²) in [7, 11) is 0. The quantitative estimate of drug-likeness (QED) is 0.779. The van der Waals surface area contributed by atoms with E-state index in [1.165, 1.54) is 5.56 Å². The fraction of sp³-hybridized carbons (Fsp3) is 0.588. The average Bonchev–Trinajstić information content (AvgIpc) is 2.47. The van der Waals surface area contributed by atoms with Crippen molar-refractivity contribution in [2.45, 2.75) is 51.6 Å². The third kappa shape index (κ3) is 4.74. The highest BCUT2D eigenvalue weighted by Gasteiger charge is 2.27. The molecular formula is C17H26N2O2. The first-order valence-corrected chi connectivity index (χ1v) is 7.88. The summed E-state index contributed by atoms with van der Waals surface area (Å²) < 4.78 is 0. The Hall–Kier alpha value is -1.55. The van der Waals surface area contributed by atoms with Crippen molar-refractivity contribution in [2.24, 2.45) is 5.92 Å². The van der Waals surface area contributed by atoms with Gasteiger partial charge in [0.05, 0.1) is 6.04 Å². The Labute approximate surface area is 126 Å². The first-order chi connectivity index (χ1) is 10.1. The largest absolute Gasteiger partial charge is 0.508 e. The zero-order valence-electron chi connectivity index (χ0n) is 12.9. The molecular weight excluding hydrogens is 264 g/mol. The molecule has 0 aliphatic carbocycles. The molecule has 4 nitrogen and oxygen atoms in total. The fourth-order valence-corrected chi connectivity index (χ4v) is 2.85. The molecule has 1 amide bonds. The van der Waals surface area contributed by atoms with Crippen LogP contribution in [0.15, 0.2) is 24.3 Å². The van der Waals surface area contributed by atoms with Gasteiger partial charge in [0.15, 0.2) is 0 Å². The molecule has 3 unspecified atom stereocenters. The third-order valence-electron chi connectivity index (χ3n) is 4.24. The van der Waals surface area contributed by atoms with Gasteiger partial charge in [-0.1, -0.05) is 19.1 Å². The number of benzene rings is 1. The number of phenols is 1. The minimum Gasteiger partial charge on any atom is -0.508 e. The standard InChI is InChI=1S/C17H26N2O2/c1-12-4-3-11-18-16(12)17(21)19-13(2)5-6-14-7-9-15(20)10-8-14/h7-10,12-13,16,18,20H,3-6,11H2,1-2H3,(H,19,21). The molecule has 0 aromatic heterocycles. The maximum Gasteiger partial charge on any atom is 0.237 e. The molecule has 0 spiro atoms. The second-order valence-corrected chi connectivity index (χ2v) is 6.17. The van der Waals surface area contributed by atoms with E-state index in [1.54, 1.807) is 12.1 Å². The summed E-state index contributed by atoms with van der Waals surface area (Å²) in [6.07, 6.45) is 4.07. The van der Waals surface area contributed by atoms with Crippen molar-refractivity contribution in [1.29, 1.82) is 0 Å². The second kappa shape index (κ2) is 7.46. The van der Waals surface area contributed by atoms with Crippen molar-refractivity contribution in [3.05, 3.63) is 29.8 Å². The number of aryl methyl sites for hydroxylation is 1. The van der Waals surface area contributed by atoms with E-state index in [2.05, 4.69) is 17.6 Å². The zero-order valence-corrected chi connectivity index (χ0v) is 12.9. The van der Waals surface area contributed by atoms with Gasteiger partial charge in [0.1, 0.15) is 5.75 Å². The number of nitrogens with one attached hydrogen (secondary N) is 2. The highest BCUT2D eigenvalue weighted by Crippen LogP contribution is 2.16. The molecule has 1 aliphatic heterocycles. The van der Waals surface area contributed by atoms with Crippen molar-refractivity contribution < 1.29 is 9.90 Å². The molecule has 0 saturated carbocycles. The van der Waals surface area contributed by atoms with Gasteiger partial charge < -0.3 is 15.7 Å². The molecule has 0 radical (unpaired) electrons. The van der Waals surface area contributed by atoms with E-state index in [9.17, 15) is 9.90 Å². The third-order valence-corrected chi connectivity index (χ3v) is 4.24. The molecule has 4 heteroatoms. The first kappa shape index (κ1) is 15.8. The van der Waals surface area contributed by atoms with Crippen LogP contribution in [0.2, 0.25) is 0 Å². The summed E-state index contributed by atoms with van der Waals surface area (Å²) in [5, 5.41) is 15.7. The molecule has 3 atom stereocenters. The van der Waals surface area contributed by atoms with Crippen LogP contribution in [-0.4, -0.2) is 29.6 Å². The number of amides is 1. The average molecular weight is 290 g/mol. The van der Waals surface area contributed by atoms with Gasteiger partial charge in [-0.15, -0.1) is 0 Å². The van der Waals surface area contributed by atoms with E-state index in [4.69, 9.17) is 0 Å². The molecule has 1 fully saturated rings. The highest BCUT2D eigenvalue weighted by atomic mass is 16.3. The Morgan fingerprint density at radius 3 is 2.81 bits per heavy atom. The van der Waals surface area contributed by atoms with Crippen LogP contribution in [0.25, 0.3) is 0 Å². The first-order valence-electron chi connectivity index (χ1n) is 7.88. The number of rotatable bonds is 5. The molecule has 1 saturated heterocycles.